The van der Waals surface area contributed by atoms with Gasteiger partial charge in [0.2, 0.25) is 6.79 Å². The van der Waals surface area contributed by atoms with Crippen LogP contribution in [0.4, 0.5) is 0 Å². The topological polar surface area (TPSA) is 126 Å². The first kappa shape index (κ1) is 29.1. The first-order valence-corrected chi connectivity index (χ1v) is 11.9. The van der Waals surface area contributed by atoms with E-state index >= 15 is 0 Å². The number of pyridine rings is 2. The fourth-order valence-corrected chi connectivity index (χ4v) is 3.45. The van der Waals surface area contributed by atoms with E-state index in [-0.39, 0.29) is 29.0 Å². The van der Waals surface area contributed by atoms with E-state index in [1.54, 1.807) is 33.8 Å². The number of carbonyl (C=O) groups excluding carboxylic acids is 3. The number of carbonyl (C=O) groups is 3. The van der Waals surface area contributed by atoms with Crippen LogP contribution < -0.4 is 14.8 Å². The predicted octanol–water partition coefficient (Wildman–Crippen LogP) is 4.18. The molecule has 2 aromatic heterocycles. The molecule has 2 heterocycles. The van der Waals surface area contributed by atoms with Crippen LogP contribution in [0.15, 0.2) is 24.5 Å². The molecule has 12 heteroatoms. The molecule has 0 saturated carbocycles. The van der Waals surface area contributed by atoms with Gasteiger partial charge in [0.05, 0.1) is 28.8 Å². The molecule has 0 bridgehead atoms. The summed E-state index contributed by atoms with van der Waals surface area (Å²) in [6.07, 6.45) is 2.20. The fourth-order valence-electron chi connectivity index (χ4n) is 2.90. The minimum Gasteiger partial charge on any atom is -0.493 e. The summed E-state index contributed by atoms with van der Waals surface area (Å²) in [5.41, 5.74) is 0.367. The van der Waals surface area contributed by atoms with E-state index in [4.69, 9.17) is 42.1 Å². The molecule has 0 aliphatic carbocycles. The van der Waals surface area contributed by atoms with Gasteiger partial charge in [-0.3, -0.25) is 14.6 Å². The van der Waals surface area contributed by atoms with Gasteiger partial charge in [-0.1, -0.05) is 44.0 Å². The summed E-state index contributed by atoms with van der Waals surface area (Å²) in [6, 6.07) is 2.01. The lowest BCUT2D eigenvalue weighted by Crippen LogP contribution is -2.41. The minimum absolute atomic E-state index is 0.0416. The van der Waals surface area contributed by atoms with Gasteiger partial charge in [0.1, 0.15) is 12.1 Å². The maximum atomic E-state index is 12.9. The third kappa shape index (κ3) is 7.69. The van der Waals surface area contributed by atoms with Crippen molar-refractivity contribution in [1.82, 2.24) is 15.3 Å². The van der Waals surface area contributed by atoms with Gasteiger partial charge in [0, 0.05) is 24.4 Å². The first-order valence-electron chi connectivity index (χ1n) is 11.1. The van der Waals surface area contributed by atoms with E-state index in [9.17, 15) is 14.4 Å². The molecule has 0 aromatic carbocycles. The standard InChI is InChI=1S/C24H29Cl2N3O7/c1-12(2)23(31)35-11-34-21-18(33-6)7-8-27-20(21)22(30)29-14(4)24(32)36-15(5)13(3)19-17(26)9-16(25)10-28-19/h7-10,12-15H,11H2,1-6H3,(H,29,30). The molecule has 0 saturated heterocycles. The number of rotatable bonds is 11. The van der Waals surface area contributed by atoms with E-state index < -0.39 is 36.8 Å². The second-order valence-corrected chi connectivity index (χ2v) is 9.06. The van der Waals surface area contributed by atoms with E-state index in [0.717, 1.165) is 0 Å². The van der Waals surface area contributed by atoms with Gasteiger partial charge in [-0.05, 0) is 19.9 Å². The van der Waals surface area contributed by atoms with Crippen molar-refractivity contribution in [3.8, 4) is 11.5 Å². The average Bonchev–Trinajstić information content (AvgIpc) is 2.83. The Bertz CT molecular complexity index is 1100. The number of aromatic nitrogens is 2. The Labute approximate surface area is 219 Å². The summed E-state index contributed by atoms with van der Waals surface area (Å²) in [4.78, 5) is 45.5. The molecule has 10 nitrogen and oxygen atoms in total. The Hall–Kier alpha value is -3.11. The number of nitrogens with zero attached hydrogens (tertiary/aromatic N) is 2. The number of halogens is 2. The molecule has 1 N–H and O–H groups in total. The molecule has 0 spiro atoms. The molecule has 196 valence electrons. The number of hydrogen-bond acceptors (Lipinski definition) is 9. The molecule has 0 fully saturated rings. The van der Waals surface area contributed by atoms with Gasteiger partial charge >= 0.3 is 11.9 Å². The Kier molecular flexibility index (Phi) is 10.7. The van der Waals surface area contributed by atoms with Crippen LogP contribution in [-0.2, 0) is 19.1 Å². The van der Waals surface area contributed by atoms with Crippen LogP contribution in [0, 0.1) is 5.92 Å². The van der Waals surface area contributed by atoms with Crippen molar-refractivity contribution in [2.45, 2.75) is 52.7 Å². The number of amides is 1. The number of esters is 2. The third-order valence-electron chi connectivity index (χ3n) is 5.15. The summed E-state index contributed by atoms with van der Waals surface area (Å²) >= 11 is 12.1. The lowest BCUT2D eigenvalue weighted by atomic mass is 10.0. The van der Waals surface area contributed by atoms with Crippen molar-refractivity contribution in [3.63, 3.8) is 0 Å². The highest BCUT2D eigenvalue weighted by atomic mass is 35.5. The van der Waals surface area contributed by atoms with Crippen LogP contribution in [0.1, 0.15) is 56.7 Å². The quantitative estimate of drug-likeness (QED) is 0.329. The van der Waals surface area contributed by atoms with E-state index in [2.05, 4.69) is 15.3 Å². The highest BCUT2D eigenvalue weighted by Crippen LogP contribution is 2.30. The number of hydrogen-bond donors (Lipinski definition) is 1. The summed E-state index contributed by atoms with van der Waals surface area (Å²) in [6.45, 7) is 7.86. The molecule has 2 rings (SSSR count). The van der Waals surface area contributed by atoms with Gasteiger partial charge in [-0.15, -0.1) is 0 Å². The zero-order chi connectivity index (χ0) is 27.0. The van der Waals surface area contributed by atoms with E-state index in [1.165, 1.54) is 32.5 Å². The molecule has 36 heavy (non-hydrogen) atoms. The number of ether oxygens (including phenoxy) is 4. The predicted molar refractivity (Wildman–Crippen MR) is 132 cm³/mol. The Balaban J connectivity index is 2.06. The average molecular weight is 542 g/mol. The lowest BCUT2D eigenvalue weighted by Gasteiger charge is -2.23. The monoisotopic (exact) mass is 541 g/mol. The van der Waals surface area contributed by atoms with Crippen molar-refractivity contribution in [2.75, 3.05) is 13.9 Å². The number of methoxy groups -OCH3 is 1. The summed E-state index contributed by atoms with van der Waals surface area (Å²) in [5, 5.41) is 3.28. The Morgan fingerprint density at radius 3 is 2.36 bits per heavy atom. The summed E-state index contributed by atoms with van der Waals surface area (Å²) < 4.78 is 21.2. The SMILES string of the molecule is COc1ccnc(C(=O)NC(C)C(=O)OC(C)C(C)c2ncc(Cl)cc2Cl)c1OCOC(=O)C(C)C. The lowest BCUT2D eigenvalue weighted by molar-refractivity contribution is -0.154. The molecule has 3 atom stereocenters. The van der Waals surface area contributed by atoms with Crippen LogP contribution >= 0.6 is 23.2 Å². The molecule has 0 aliphatic heterocycles. The molecule has 0 aliphatic rings. The molecule has 3 unspecified atom stereocenters. The summed E-state index contributed by atoms with van der Waals surface area (Å²) in [7, 11) is 1.38. The van der Waals surface area contributed by atoms with Gasteiger partial charge in [-0.25, -0.2) is 9.78 Å². The van der Waals surface area contributed by atoms with Crippen LogP contribution in [0.25, 0.3) is 0 Å². The van der Waals surface area contributed by atoms with Gasteiger partial charge in [0.25, 0.3) is 5.91 Å². The van der Waals surface area contributed by atoms with Gasteiger partial charge in [0.15, 0.2) is 17.2 Å². The zero-order valence-electron chi connectivity index (χ0n) is 20.8. The normalized spacial score (nSPS) is 13.4. The third-order valence-corrected chi connectivity index (χ3v) is 5.66. The first-order chi connectivity index (χ1) is 17.0. The molecular weight excluding hydrogens is 513 g/mol. The molecule has 1 amide bonds. The van der Waals surface area contributed by atoms with Crippen molar-refractivity contribution < 1.29 is 33.3 Å². The van der Waals surface area contributed by atoms with Crippen LogP contribution in [0.2, 0.25) is 10.0 Å². The zero-order valence-corrected chi connectivity index (χ0v) is 22.3. The Morgan fingerprint density at radius 1 is 1.06 bits per heavy atom. The van der Waals surface area contributed by atoms with Crippen LogP contribution in [0.3, 0.4) is 0 Å². The second-order valence-electron chi connectivity index (χ2n) is 8.22. The molecule has 0 radical (unpaired) electrons. The minimum atomic E-state index is -1.03. The smallest absolute Gasteiger partial charge is 0.328 e. The fraction of sp³-hybridized carbons (Fsp3) is 0.458. The largest absolute Gasteiger partial charge is 0.493 e. The van der Waals surface area contributed by atoms with Gasteiger partial charge in [-0.2, -0.15) is 0 Å². The highest BCUT2D eigenvalue weighted by molar-refractivity contribution is 6.34. The maximum absolute atomic E-state index is 12.9. The number of nitrogens with one attached hydrogen (secondary N) is 1. The second kappa shape index (κ2) is 13.3. The van der Waals surface area contributed by atoms with Crippen molar-refractivity contribution >= 4 is 41.0 Å². The molecular formula is C24H29Cl2N3O7. The van der Waals surface area contributed by atoms with E-state index in [0.29, 0.717) is 15.7 Å². The van der Waals surface area contributed by atoms with Crippen molar-refractivity contribution in [3.05, 3.63) is 46.0 Å². The molecule has 2 aromatic rings. The summed E-state index contributed by atoms with van der Waals surface area (Å²) in [5.74, 6) is -2.40. The van der Waals surface area contributed by atoms with Gasteiger partial charge < -0.3 is 24.3 Å². The maximum Gasteiger partial charge on any atom is 0.328 e. The van der Waals surface area contributed by atoms with Crippen molar-refractivity contribution in [1.29, 1.82) is 0 Å². The van der Waals surface area contributed by atoms with Crippen LogP contribution in [-0.4, -0.2) is 53.9 Å². The van der Waals surface area contributed by atoms with Crippen molar-refractivity contribution in [2.24, 2.45) is 5.92 Å². The van der Waals surface area contributed by atoms with Crippen LogP contribution in [0.5, 0.6) is 11.5 Å². The Morgan fingerprint density at radius 2 is 1.75 bits per heavy atom. The highest BCUT2D eigenvalue weighted by Gasteiger charge is 2.27. The van der Waals surface area contributed by atoms with E-state index in [1.807, 2.05) is 0 Å².